The number of aryl methyl sites for hydroxylation is 1. The van der Waals surface area contributed by atoms with E-state index in [1.54, 1.807) is 18.2 Å². The largest absolute Gasteiger partial charge is 0.493 e. The first kappa shape index (κ1) is 15.2. The van der Waals surface area contributed by atoms with Crippen LogP contribution in [0.3, 0.4) is 0 Å². The third kappa shape index (κ3) is 4.68. The molecule has 0 aliphatic rings. The summed E-state index contributed by atoms with van der Waals surface area (Å²) in [5.74, 6) is 0.576. The van der Waals surface area contributed by atoms with E-state index >= 15 is 0 Å². The van der Waals surface area contributed by atoms with Gasteiger partial charge >= 0.3 is 0 Å². The molecule has 0 fully saturated rings. The Kier molecular flexibility index (Phi) is 5.06. The van der Waals surface area contributed by atoms with Crippen molar-refractivity contribution in [2.75, 3.05) is 17.7 Å². The summed E-state index contributed by atoms with van der Waals surface area (Å²) in [6, 6.07) is 12.6. The van der Waals surface area contributed by atoms with Gasteiger partial charge < -0.3 is 15.8 Å². The van der Waals surface area contributed by atoms with Gasteiger partial charge in [0.1, 0.15) is 5.75 Å². The van der Waals surface area contributed by atoms with Gasteiger partial charge in [0.2, 0.25) is 5.91 Å². The molecule has 0 aliphatic carbocycles. The van der Waals surface area contributed by atoms with Gasteiger partial charge in [-0.1, -0.05) is 29.3 Å². The summed E-state index contributed by atoms with van der Waals surface area (Å²) in [7, 11) is 0. The van der Waals surface area contributed by atoms with E-state index in [1.165, 1.54) is 0 Å². The SMILES string of the molecule is Cc1ccc(OCCC(=O)Nc2cc(Cl)ccc2N)cc1. The number of benzene rings is 2. The first-order valence-corrected chi connectivity index (χ1v) is 6.97. The molecule has 0 unspecified atom stereocenters. The molecule has 2 aromatic rings. The first-order chi connectivity index (χ1) is 10.0. The molecule has 0 atom stereocenters. The highest BCUT2D eigenvalue weighted by Gasteiger charge is 2.06. The molecule has 0 bridgehead atoms. The number of hydrogen-bond donors (Lipinski definition) is 2. The van der Waals surface area contributed by atoms with Crippen LogP contribution < -0.4 is 15.8 Å². The Hall–Kier alpha value is -2.20. The summed E-state index contributed by atoms with van der Waals surface area (Å²) >= 11 is 5.87. The minimum Gasteiger partial charge on any atom is -0.493 e. The van der Waals surface area contributed by atoms with Crippen LogP contribution >= 0.6 is 11.6 Å². The number of anilines is 2. The van der Waals surface area contributed by atoms with Crippen LogP contribution in [0.1, 0.15) is 12.0 Å². The molecule has 2 aromatic carbocycles. The van der Waals surface area contributed by atoms with E-state index in [-0.39, 0.29) is 12.3 Å². The monoisotopic (exact) mass is 304 g/mol. The van der Waals surface area contributed by atoms with Crippen molar-refractivity contribution in [2.45, 2.75) is 13.3 Å². The molecule has 0 radical (unpaired) electrons. The molecule has 110 valence electrons. The molecular formula is C16H17ClN2O2. The second kappa shape index (κ2) is 6.99. The Morgan fingerprint density at radius 2 is 1.95 bits per heavy atom. The third-order valence-electron chi connectivity index (χ3n) is 2.91. The Morgan fingerprint density at radius 3 is 2.67 bits per heavy atom. The number of halogens is 1. The average Bonchev–Trinajstić information content (AvgIpc) is 2.45. The van der Waals surface area contributed by atoms with Crippen LogP contribution in [-0.4, -0.2) is 12.5 Å². The van der Waals surface area contributed by atoms with Crippen LogP contribution in [-0.2, 0) is 4.79 Å². The molecule has 5 heteroatoms. The smallest absolute Gasteiger partial charge is 0.227 e. The van der Waals surface area contributed by atoms with Crippen molar-refractivity contribution in [3.8, 4) is 5.75 Å². The van der Waals surface area contributed by atoms with Crippen LogP contribution in [0.25, 0.3) is 0 Å². The van der Waals surface area contributed by atoms with Crippen LogP contribution in [0, 0.1) is 6.92 Å². The van der Waals surface area contributed by atoms with Crippen LogP contribution in [0.2, 0.25) is 5.02 Å². The van der Waals surface area contributed by atoms with Gasteiger partial charge in [-0.25, -0.2) is 0 Å². The lowest BCUT2D eigenvalue weighted by Crippen LogP contribution is -2.16. The topological polar surface area (TPSA) is 64.3 Å². The van der Waals surface area contributed by atoms with Crippen molar-refractivity contribution in [3.05, 3.63) is 53.1 Å². The standard InChI is InChI=1S/C16H17ClN2O2/c1-11-2-5-13(6-3-11)21-9-8-16(20)19-15-10-12(17)4-7-14(15)18/h2-7,10H,8-9,18H2,1H3,(H,19,20). The summed E-state index contributed by atoms with van der Waals surface area (Å²) in [5.41, 5.74) is 7.93. The average molecular weight is 305 g/mol. The first-order valence-electron chi connectivity index (χ1n) is 6.59. The Labute approximate surface area is 128 Å². The quantitative estimate of drug-likeness (QED) is 0.829. The lowest BCUT2D eigenvalue weighted by molar-refractivity contribution is -0.116. The number of amides is 1. The molecule has 21 heavy (non-hydrogen) atoms. The van der Waals surface area contributed by atoms with Gasteiger partial charge in [0, 0.05) is 5.02 Å². The maximum atomic E-state index is 11.8. The fourth-order valence-corrected chi connectivity index (χ4v) is 1.92. The van der Waals surface area contributed by atoms with Gasteiger partial charge in [-0.2, -0.15) is 0 Å². The van der Waals surface area contributed by atoms with Crippen LogP contribution in [0.4, 0.5) is 11.4 Å². The molecule has 2 rings (SSSR count). The summed E-state index contributed by atoms with van der Waals surface area (Å²) in [6.07, 6.45) is 0.236. The van der Waals surface area contributed by atoms with Gasteiger partial charge in [0.25, 0.3) is 0 Å². The van der Waals surface area contributed by atoms with E-state index in [2.05, 4.69) is 5.32 Å². The van der Waals surface area contributed by atoms with E-state index in [9.17, 15) is 4.79 Å². The minimum absolute atomic E-state index is 0.170. The van der Waals surface area contributed by atoms with E-state index in [4.69, 9.17) is 22.1 Å². The van der Waals surface area contributed by atoms with Crippen LogP contribution in [0.15, 0.2) is 42.5 Å². The molecular weight excluding hydrogens is 288 g/mol. The number of carbonyl (C=O) groups excluding carboxylic acids is 1. The number of rotatable bonds is 5. The Morgan fingerprint density at radius 1 is 1.24 bits per heavy atom. The summed E-state index contributed by atoms with van der Waals surface area (Å²) in [5, 5.41) is 3.24. The molecule has 0 heterocycles. The van der Waals surface area contributed by atoms with Gasteiger partial charge in [-0.3, -0.25) is 4.79 Å². The van der Waals surface area contributed by atoms with E-state index in [1.807, 2.05) is 31.2 Å². The van der Waals surface area contributed by atoms with E-state index < -0.39 is 0 Å². The van der Waals surface area contributed by atoms with Crippen molar-refractivity contribution in [2.24, 2.45) is 0 Å². The zero-order chi connectivity index (χ0) is 15.2. The zero-order valence-corrected chi connectivity index (χ0v) is 12.5. The van der Waals surface area contributed by atoms with Crippen molar-refractivity contribution in [1.82, 2.24) is 0 Å². The molecule has 4 nitrogen and oxygen atoms in total. The lowest BCUT2D eigenvalue weighted by Gasteiger charge is -2.09. The number of nitrogens with two attached hydrogens (primary N) is 1. The summed E-state index contributed by atoms with van der Waals surface area (Å²) in [6.45, 7) is 2.31. The van der Waals surface area contributed by atoms with Crippen molar-refractivity contribution >= 4 is 28.9 Å². The van der Waals surface area contributed by atoms with Gasteiger partial charge in [-0.15, -0.1) is 0 Å². The molecule has 0 spiro atoms. The van der Waals surface area contributed by atoms with Crippen molar-refractivity contribution in [1.29, 1.82) is 0 Å². The van der Waals surface area contributed by atoms with Crippen LogP contribution in [0.5, 0.6) is 5.75 Å². The lowest BCUT2D eigenvalue weighted by atomic mass is 10.2. The Bertz CT molecular complexity index is 627. The van der Waals surface area contributed by atoms with E-state index in [0.29, 0.717) is 23.0 Å². The van der Waals surface area contributed by atoms with Crippen molar-refractivity contribution < 1.29 is 9.53 Å². The molecule has 3 N–H and O–H groups in total. The number of hydrogen-bond acceptors (Lipinski definition) is 3. The van der Waals surface area contributed by atoms with Gasteiger partial charge in [0.05, 0.1) is 24.4 Å². The highest BCUT2D eigenvalue weighted by molar-refractivity contribution is 6.31. The predicted molar refractivity (Wildman–Crippen MR) is 85.8 cm³/mol. The number of nitrogens with one attached hydrogen (secondary N) is 1. The maximum absolute atomic E-state index is 11.8. The maximum Gasteiger partial charge on any atom is 0.227 e. The molecule has 1 amide bonds. The Balaban J connectivity index is 1.82. The normalized spacial score (nSPS) is 10.2. The van der Waals surface area contributed by atoms with Gasteiger partial charge in [0.15, 0.2) is 0 Å². The van der Waals surface area contributed by atoms with E-state index in [0.717, 1.165) is 11.3 Å². The van der Waals surface area contributed by atoms with Gasteiger partial charge in [-0.05, 0) is 37.3 Å². The highest BCUT2D eigenvalue weighted by atomic mass is 35.5. The molecule has 0 aromatic heterocycles. The number of ether oxygens (including phenoxy) is 1. The predicted octanol–water partition coefficient (Wildman–Crippen LogP) is 3.64. The molecule has 0 aliphatic heterocycles. The number of nitrogen functional groups attached to an aromatic ring is 1. The number of carbonyl (C=O) groups is 1. The molecule has 0 saturated carbocycles. The molecule has 0 saturated heterocycles. The third-order valence-corrected chi connectivity index (χ3v) is 3.14. The highest BCUT2D eigenvalue weighted by Crippen LogP contribution is 2.23. The second-order valence-corrected chi connectivity index (χ2v) is 5.13. The fraction of sp³-hybridized carbons (Fsp3) is 0.188. The van der Waals surface area contributed by atoms with Crippen molar-refractivity contribution in [3.63, 3.8) is 0 Å². The summed E-state index contributed by atoms with van der Waals surface area (Å²) < 4.78 is 5.51. The zero-order valence-electron chi connectivity index (χ0n) is 11.7. The fourth-order valence-electron chi connectivity index (χ4n) is 1.75. The minimum atomic E-state index is -0.170. The second-order valence-electron chi connectivity index (χ2n) is 4.69. The summed E-state index contributed by atoms with van der Waals surface area (Å²) in [4.78, 5) is 11.8.